The van der Waals surface area contributed by atoms with Gasteiger partial charge < -0.3 is 10.6 Å². The zero-order chi connectivity index (χ0) is 19.3. The van der Waals surface area contributed by atoms with Crippen LogP contribution in [-0.4, -0.2) is 54.1 Å². The topological polar surface area (TPSA) is 50.3 Å². The summed E-state index contributed by atoms with van der Waals surface area (Å²) in [4.78, 5) is 9.25. The van der Waals surface area contributed by atoms with E-state index in [4.69, 9.17) is 10.7 Å². The molecule has 0 aliphatic heterocycles. The predicted octanol–water partition coefficient (Wildman–Crippen LogP) is 3.23. The summed E-state index contributed by atoms with van der Waals surface area (Å²) in [5, 5.41) is 0. The molecule has 0 radical (unpaired) electrons. The fourth-order valence-corrected chi connectivity index (χ4v) is 4.75. The van der Waals surface area contributed by atoms with E-state index in [0.717, 1.165) is 25.2 Å². The first-order valence-electron chi connectivity index (χ1n) is 9.70. The van der Waals surface area contributed by atoms with Crippen molar-refractivity contribution in [3.8, 4) is 0 Å². The molecule has 1 aliphatic carbocycles. The Bertz CT molecular complexity index is 818. The van der Waals surface area contributed by atoms with Crippen molar-refractivity contribution < 1.29 is 0 Å². The van der Waals surface area contributed by atoms with Crippen LogP contribution in [0.4, 0.5) is 5.95 Å². The molecule has 1 heterocycles. The zero-order valence-electron chi connectivity index (χ0n) is 17.7. The Balaban J connectivity index is 2.27. The van der Waals surface area contributed by atoms with E-state index in [-0.39, 0.29) is 0 Å². The Morgan fingerprint density at radius 1 is 1.08 bits per heavy atom. The van der Waals surface area contributed by atoms with E-state index < -0.39 is 0 Å². The first-order chi connectivity index (χ1) is 12.1. The zero-order valence-corrected chi connectivity index (χ0v) is 17.7. The third-order valence-electron chi connectivity index (χ3n) is 6.43. The van der Waals surface area contributed by atoms with Crippen molar-refractivity contribution in [3.05, 3.63) is 22.3 Å². The summed E-state index contributed by atoms with van der Waals surface area (Å²) < 4.78 is 2.20. The number of imidazole rings is 1. The molecule has 5 heteroatoms. The Hall–Kier alpha value is -1.59. The maximum Gasteiger partial charge on any atom is 0.202 e. The van der Waals surface area contributed by atoms with Crippen molar-refractivity contribution in [2.75, 3.05) is 40.5 Å². The van der Waals surface area contributed by atoms with Crippen molar-refractivity contribution >= 4 is 17.0 Å². The van der Waals surface area contributed by atoms with Crippen LogP contribution < -0.4 is 5.73 Å². The van der Waals surface area contributed by atoms with Crippen molar-refractivity contribution in [1.82, 2.24) is 19.4 Å². The molecule has 1 aromatic heterocycles. The lowest BCUT2D eigenvalue weighted by atomic mass is 9.68. The van der Waals surface area contributed by atoms with Crippen molar-refractivity contribution in [2.45, 2.75) is 46.7 Å². The van der Waals surface area contributed by atoms with Gasteiger partial charge in [-0.25, -0.2) is 4.98 Å². The number of nitrogen functional groups attached to an aromatic ring is 1. The monoisotopic (exact) mass is 357 g/mol. The molecule has 3 unspecified atom stereocenters. The summed E-state index contributed by atoms with van der Waals surface area (Å²) in [5.74, 6) is 2.45. The molecule has 26 heavy (non-hydrogen) atoms. The number of nitrogens with zero attached hydrogens (tertiary/aromatic N) is 4. The van der Waals surface area contributed by atoms with Crippen molar-refractivity contribution in [3.63, 3.8) is 0 Å². The second kappa shape index (κ2) is 6.86. The Morgan fingerprint density at radius 2 is 1.73 bits per heavy atom. The minimum atomic E-state index is 0.502. The average molecular weight is 358 g/mol. The molecule has 3 rings (SSSR count). The molecule has 3 atom stereocenters. The van der Waals surface area contributed by atoms with Crippen molar-refractivity contribution in [1.29, 1.82) is 0 Å². The highest BCUT2D eigenvalue weighted by molar-refractivity contribution is 5.88. The lowest BCUT2D eigenvalue weighted by Crippen LogP contribution is -2.35. The molecule has 5 nitrogen and oxygen atoms in total. The van der Waals surface area contributed by atoms with E-state index in [0.29, 0.717) is 23.7 Å². The van der Waals surface area contributed by atoms with Crippen LogP contribution in [0.1, 0.15) is 42.0 Å². The first kappa shape index (κ1) is 19.2. The average Bonchev–Trinajstić information content (AvgIpc) is 2.85. The number of aryl methyl sites for hydroxylation is 1. The number of nitrogens with two attached hydrogens (primary N) is 1. The van der Waals surface area contributed by atoms with Gasteiger partial charge in [0.15, 0.2) is 0 Å². The summed E-state index contributed by atoms with van der Waals surface area (Å²) in [7, 11) is 8.53. The highest BCUT2D eigenvalue weighted by Gasteiger charge is 2.35. The third kappa shape index (κ3) is 3.01. The lowest BCUT2D eigenvalue weighted by Gasteiger charge is -2.39. The summed E-state index contributed by atoms with van der Waals surface area (Å²) in [6.07, 6.45) is 1.15. The Kier molecular flexibility index (Phi) is 5.06. The standard InChI is InChI=1S/C21H35N5/c1-12-14(3)18-17(9-16(12)10-24(5)6)13(2)15(4)19-20(18)26(11-25(7)8)21(22)23-19/h12,14,16H,9-11H2,1-8H3,(H2,22,23). The molecule has 0 amide bonds. The number of hydrogen-bond acceptors (Lipinski definition) is 4. The molecule has 0 saturated heterocycles. The number of benzene rings is 1. The number of fused-ring (bicyclic) bond motifs is 3. The fourth-order valence-electron chi connectivity index (χ4n) is 4.75. The summed E-state index contributed by atoms with van der Waals surface area (Å²) >= 11 is 0. The van der Waals surface area contributed by atoms with Gasteiger partial charge in [-0.05, 0) is 88.5 Å². The highest BCUT2D eigenvalue weighted by atomic mass is 15.3. The molecule has 0 saturated carbocycles. The van der Waals surface area contributed by atoms with Gasteiger partial charge in [-0.3, -0.25) is 9.47 Å². The van der Waals surface area contributed by atoms with Crippen LogP contribution in [0.25, 0.3) is 11.0 Å². The van der Waals surface area contributed by atoms with Gasteiger partial charge in [-0.2, -0.15) is 0 Å². The minimum Gasteiger partial charge on any atom is -0.369 e. The lowest BCUT2D eigenvalue weighted by molar-refractivity contribution is 0.221. The van der Waals surface area contributed by atoms with Crippen LogP contribution in [-0.2, 0) is 13.1 Å². The van der Waals surface area contributed by atoms with Gasteiger partial charge in [0.25, 0.3) is 0 Å². The van der Waals surface area contributed by atoms with Crippen LogP contribution in [0.15, 0.2) is 0 Å². The van der Waals surface area contributed by atoms with Crippen LogP contribution in [0.2, 0.25) is 0 Å². The smallest absolute Gasteiger partial charge is 0.202 e. The number of rotatable bonds is 4. The highest BCUT2D eigenvalue weighted by Crippen LogP contribution is 2.45. The van der Waals surface area contributed by atoms with E-state index >= 15 is 0 Å². The second-order valence-corrected chi connectivity index (χ2v) is 8.83. The minimum absolute atomic E-state index is 0.502. The van der Waals surface area contributed by atoms with Gasteiger partial charge in [0.2, 0.25) is 5.95 Å². The molecule has 2 aromatic rings. The summed E-state index contributed by atoms with van der Waals surface area (Å²) in [5.41, 5.74) is 14.4. The van der Waals surface area contributed by atoms with E-state index in [2.05, 4.69) is 70.3 Å². The second-order valence-electron chi connectivity index (χ2n) is 8.83. The van der Waals surface area contributed by atoms with Gasteiger partial charge in [-0.1, -0.05) is 13.8 Å². The van der Waals surface area contributed by atoms with E-state index in [9.17, 15) is 0 Å². The van der Waals surface area contributed by atoms with E-state index in [1.165, 1.54) is 27.8 Å². The quantitative estimate of drug-likeness (QED) is 0.913. The third-order valence-corrected chi connectivity index (χ3v) is 6.43. The molecular weight excluding hydrogens is 322 g/mol. The Labute approximate surface area is 158 Å². The molecule has 0 spiro atoms. The number of hydrogen-bond donors (Lipinski definition) is 1. The summed E-state index contributed by atoms with van der Waals surface area (Å²) in [6, 6.07) is 0. The predicted molar refractivity (Wildman–Crippen MR) is 111 cm³/mol. The fraction of sp³-hybridized carbons (Fsp3) is 0.667. The molecule has 0 bridgehead atoms. The van der Waals surface area contributed by atoms with Gasteiger partial charge in [-0.15, -0.1) is 0 Å². The van der Waals surface area contributed by atoms with Crippen LogP contribution >= 0.6 is 0 Å². The van der Waals surface area contributed by atoms with Gasteiger partial charge >= 0.3 is 0 Å². The maximum absolute atomic E-state index is 6.35. The van der Waals surface area contributed by atoms with Gasteiger partial charge in [0.1, 0.15) is 0 Å². The van der Waals surface area contributed by atoms with Gasteiger partial charge in [0.05, 0.1) is 17.7 Å². The number of anilines is 1. The van der Waals surface area contributed by atoms with Crippen LogP contribution in [0.3, 0.4) is 0 Å². The van der Waals surface area contributed by atoms with E-state index in [1.807, 2.05) is 0 Å². The molecule has 144 valence electrons. The molecule has 2 N–H and O–H groups in total. The maximum atomic E-state index is 6.35. The van der Waals surface area contributed by atoms with Crippen LogP contribution in [0, 0.1) is 25.7 Å². The normalized spacial score (nSPS) is 23.2. The molecule has 1 aliphatic rings. The first-order valence-corrected chi connectivity index (χ1v) is 9.70. The summed E-state index contributed by atoms with van der Waals surface area (Å²) in [6.45, 7) is 11.2. The Morgan fingerprint density at radius 3 is 2.31 bits per heavy atom. The largest absolute Gasteiger partial charge is 0.369 e. The number of aromatic nitrogens is 2. The molecule has 1 aromatic carbocycles. The van der Waals surface area contributed by atoms with E-state index in [1.54, 1.807) is 0 Å². The molecule has 0 fully saturated rings. The SMILES string of the molecule is Cc1c2c(c3c(nc(N)n3CN(C)C)c1C)C(C)C(C)C(CN(C)C)C2. The molecular formula is C21H35N5. The van der Waals surface area contributed by atoms with Crippen LogP contribution in [0.5, 0.6) is 0 Å². The van der Waals surface area contributed by atoms with Crippen molar-refractivity contribution in [2.24, 2.45) is 11.8 Å². The van der Waals surface area contributed by atoms with Gasteiger partial charge in [0, 0.05) is 6.54 Å².